The fourth-order valence-corrected chi connectivity index (χ4v) is 3.26. The van der Waals surface area contributed by atoms with Gasteiger partial charge in [-0.2, -0.15) is 13.2 Å². The molecule has 32 heavy (non-hydrogen) atoms. The molecule has 0 saturated heterocycles. The van der Waals surface area contributed by atoms with Gasteiger partial charge < -0.3 is 4.74 Å². The number of hydrogen-bond donors (Lipinski definition) is 0. The summed E-state index contributed by atoms with van der Waals surface area (Å²) >= 11 is 0. The standard InChI is InChI=1S/C25H22F3NO3/c26-25(27,28)23(30)22(16-19-10-4-1-5-11-19)29(17-20-12-6-2-7-13-20)24(31)32-18-21-14-8-3-9-15-21/h1-15,22H,16-18H2. The van der Waals surface area contributed by atoms with Gasteiger partial charge in [-0.1, -0.05) is 91.0 Å². The van der Waals surface area contributed by atoms with Crippen LogP contribution in [-0.2, 0) is 29.1 Å². The van der Waals surface area contributed by atoms with E-state index in [9.17, 15) is 22.8 Å². The predicted octanol–water partition coefficient (Wildman–Crippen LogP) is 5.57. The second-order valence-corrected chi connectivity index (χ2v) is 7.22. The third-order valence-electron chi connectivity index (χ3n) is 4.87. The van der Waals surface area contributed by atoms with Crippen LogP contribution < -0.4 is 0 Å². The van der Waals surface area contributed by atoms with Crippen molar-refractivity contribution in [3.8, 4) is 0 Å². The van der Waals surface area contributed by atoms with Crippen LogP contribution in [0.3, 0.4) is 0 Å². The zero-order chi connectivity index (χ0) is 23.0. The number of nitrogens with zero attached hydrogens (tertiary/aromatic N) is 1. The molecule has 0 aliphatic carbocycles. The van der Waals surface area contributed by atoms with Crippen LogP contribution in [0.25, 0.3) is 0 Å². The summed E-state index contributed by atoms with van der Waals surface area (Å²) in [6, 6.07) is 23.8. The minimum Gasteiger partial charge on any atom is -0.445 e. The number of rotatable bonds is 8. The van der Waals surface area contributed by atoms with Gasteiger partial charge in [0.1, 0.15) is 12.6 Å². The van der Waals surface area contributed by atoms with E-state index in [1.54, 1.807) is 91.0 Å². The predicted molar refractivity (Wildman–Crippen MR) is 114 cm³/mol. The molecule has 0 heterocycles. The van der Waals surface area contributed by atoms with Gasteiger partial charge in [-0.25, -0.2) is 4.79 Å². The van der Waals surface area contributed by atoms with Crippen LogP contribution in [0.5, 0.6) is 0 Å². The number of ketones is 1. The average Bonchev–Trinajstić information content (AvgIpc) is 2.80. The van der Waals surface area contributed by atoms with E-state index in [-0.39, 0.29) is 19.6 Å². The summed E-state index contributed by atoms with van der Waals surface area (Å²) in [6.07, 6.45) is -6.38. The minimum atomic E-state index is -5.10. The molecule has 3 aromatic carbocycles. The van der Waals surface area contributed by atoms with Gasteiger partial charge in [-0.15, -0.1) is 0 Å². The lowest BCUT2D eigenvalue weighted by Crippen LogP contribution is -2.50. The molecule has 0 radical (unpaired) electrons. The molecule has 0 spiro atoms. The van der Waals surface area contributed by atoms with Gasteiger partial charge in [0.05, 0.1) is 0 Å². The summed E-state index contributed by atoms with van der Waals surface area (Å²) in [5.74, 6) is -1.99. The molecule has 3 aromatic rings. The van der Waals surface area contributed by atoms with Gasteiger partial charge in [0.15, 0.2) is 0 Å². The summed E-state index contributed by atoms with van der Waals surface area (Å²) in [7, 11) is 0. The lowest BCUT2D eigenvalue weighted by molar-refractivity contribution is -0.176. The van der Waals surface area contributed by atoms with Crippen LogP contribution in [0.2, 0.25) is 0 Å². The second-order valence-electron chi connectivity index (χ2n) is 7.22. The molecule has 1 atom stereocenters. The number of amides is 1. The summed E-state index contributed by atoms with van der Waals surface area (Å²) in [5, 5.41) is 0. The number of ether oxygens (including phenoxy) is 1. The second kappa shape index (κ2) is 10.6. The normalized spacial score (nSPS) is 12.1. The number of hydrogen-bond acceptors (Lipinski definition) is 3. The first-order valence-corrected chi connectivity index (χ1v) is 10.0. The highest BCUT2D eigenvalue weighted by Crippen LogP contribution is 2.25. The van der Waals surface area contributed by atoms with Crippen LogP contribution >= 0.6 is 0 Å². The monoisotopic (exact) mass is 441 g/mol. The molecular formula is C25H22F3NO3. The summed E-state index contributed by atoms with van der Waals surface area (Å²) < 4.78 is 45.8. The van der Waals surface area contributed by atoms with Crippen LogP contribution in [-0.4, -0.2) is 29.0 Å². The van der Waals surface area contributed by atoms with Gasteiger partial charge in [-0.05, 0) is 16.7 Å². The maximum atomic E-state index is 13.5. The van der Waals surface area contributed by atoms with Crippen molar-refractivity contribution in [3.63, 3.8) is 0 Å². The lowest BCUT2D eigenvalue weighted by Gasteiger charge is -2.31. The molecule has 0 aromatic heterocycles. The highest BCUT2D eigenvalue weighted by Gasteiger charge is 2.47. The maximum Gasteiger partial charge on any atom is 0.452 e. The summed E-state index contributed by atoms with van der Waals surface area (Å²) in [4.78, 5) is 26.2. The molecule has 166 valence electrons. The Morgan fingerprint density at radius 2 is 1.22 bits per heavy atom. The quantitative estimate of drug-likeness (QED) is 0.459. The third kappa shape index (κ3) is 6.44. The Morgan fingerprint density at radius 3 is 1.72 bits per heavy atom. The molecule has 3 rings (SSSR count). The minimum absolute atomic E-state index is 0.122. The Labute approximate surface area is 184 Å². The van der Waals surface area contributed by atoms with Crippen molar-refractivity contribution >= 4 is 11.9 Å². The zero-order valence-electron chi connectivity index (χ0n) is 17.2. The largest absolute Gasteiger partial charge is 0.452 e. The van der Waals surface area contributed by atoms with Crippen molar-refractivity contribution in [2.24, 2.45) is 0 Å². The molecule has 1 unspecified atom stereocenters. The van der Waals surface area contributed by atoms with E-state index in [0.717, 1.165) is 4.90 Å². The zero-order valence-corrected chi connectivity index (χ0v) is 17.2. The van der Waals surface area contributed by atoms with E-state index in [0.29, 0.717) is 16.7 Å². The Kier molecular flexibility index (Phi) is 7.65. The average molecular weight is 441 g/mol. The van der Waals surface area contributed by atoms with Crippen molar-refractivity contribution in [3.05, 3.63) is 108 Å². The van der Waals surface area contributed by atoms with Gasteiger partial charge in [0.2, 0.25) is 0 Å². The van der Waals surface area contributed by atoms with Crippen LogP contribution in [0, 0.1) is 0 Å². The molecule has 7 heteroatoms. The number of alkyl halides is 3. The van der Waals surface area contributed by atoms with Crippen molar-refractivity contribution in [2.45, 2.75) is 31.8 Å². The fraction of sp³-hybridized carbons (Fsp3) is 0.200. The Hall–Kier alpha value is -3.61. The van der Waals surface area contributed by atoms with Gasteiger partial charge in [-0.3, -0.25) is 9.69 Å². The summed E-state index contributed by atoms with van der Waals surface area (Å²) in [6.45, 7) is -0.322. The van der Waals surface area contributed by atoms with Crippen LogP contribution in [0.1, 0.15) is 16.7 Å². The van der Waals surface area contributed by atoms with Crippen molar-refractivity contribution in [1.29, 1.82) is 0 Å². The molecular weight excluding hydrogens is 419 g/mol. The number of carbonyl (C=O) groups excluding carboxylic acids is 2. The van der Waals surface area contributed by atoms with Gasteiger partial charge >= 0.3 is 12.3 Å². The molecule has 0 N–H and O–H groups in total. The van der Waals surface area contributed by atoms with E-state index in [2.05, 4.69) is 0 Å². The van der Waals surface area contributed by atoms with Crippen LogP contribution in [0.15, 0.2) is 91.0 Å². The molecule has 0 aliphatic rings. The summed E-state index contributed by atoms with van der Waals surface area (Å²) in [5.41, 5.74) is 1.77. The Balaban J connectivity index is 1.91. The van der Waals surface area contributed by atoms with Crippen molar-refractivity contribution in [2.75, 3.05) is 0 Å². The topological polar surface area (TPSA) is 46.6 Å². The molecule has 4 nitrogen and oxygen atoms in total. The van der Waals surface area contributed by atoms with Gasteiger partial charge in [0, 0.05) is 13.0 Å². The van der Waals surface area contributed by atoms with Crippen molar-refractivity contribution in [1.82, 2.24) is 4.90 Å². The highest BCUT2D eigenvalue weighted by molar-refractivity contribution is 5.92. The van der Waals surface area contributed by atoms with E-state index >= 15 is 0 Å². The first kappa shape index (κ1) is 23.1. The molecule has 0 fully saturated rings. The SMILES string of the molecule is O=C(OCc1ccccc1)N(Cc1ccccc1)C(Cc1ccccc1)C(=O)C(F)(F)F. The smallest absolute Gasteiger partial charge is 0.445 e. The van der Waals surface area contributed by atoms with E-state index in [1.807, 2.05) is 0 Å². The van der Waals surface area contributed by atoms with E-state index < -0.39 is 24.1 Å². The van der Waals surface area contributed by atoms with E-state index in [1.165, 1.54) is 0 Å². The number of carbonyl (C=O) groups is 2. The first-order valence-electron chi connectivity index (χ1n) is 10.0. The highest BCUT2D eigenvalue weighted by atomic mass is 19.4. The maximum absolute atomic E-state index is 13.5. The Bertz CT molecular complexity index is 1010. The molecule has 0 aliphatic heterocycles. The first-order chi connectivity index (χ1) is 15.3. The molecule has 0 saturated carbocycles. The number of halogens is 3. The van der Waals surface area contributed by atoms with E-state index in [4.69, 9.17) is 4.74 Å². The Morgan fingerprint density at radius 1 is 0.750 bits per heavy atom. The van der Waals surface area contributed by atoms with Gasteiger partial charge in [0.25, 0.3) is 5.78 Å². The lowest BCUT2D eigenvalue weighted by atomic mass is 10.00. The molecule has 0 bridgehead atoms. The number of Topliss-reactive ketones (excluding diaryl/α,β-unsaturated/α-hetero) is 1. The van der Waals surface area contributed by atoms with Crippen molar-refractivity contribution < 1.29 is 27.5 Å². The fourth-order valence-electron chi connectivity index (χ4n) is 3.26. The third-order valence-corrected chi connectivity index (χ3v) is 4.87. The van der Waals surface area contributed by atoms with Crippen LogP contribution in [0.4, 0.5) is 18.0 Å². The number of benzene rings is 3. The molecule has 1 amide bonds.